The van der Waals surface area contributed by atoms with Gasteiger partial charge in [-0.25, -0.2) is 4.79 Å². The second kappa shape index (κ2) is 25.2. The fraction of sp³-hybridized carbons (Fsp3) is 0.615. The van der Waals surface area contributed by atoms with E-state index in [1.54, 1.807) is 40.0 Å². The molecule has 1 amide bonds. The van der Waals surface area contributed by atoms with E-state index in [0.717, 1.165) is 5.56 Å². The molecule has 2 aromatic rings. The first-order chi connectivity index (χ1) is 33.3. The zero-order chi connectivity index (χ0) is 53.0. The van der Waals surface area contributed by atoms with Crippen molar-refractivity contribution in [3.05, 3.63) is 64.2 Å². The van der Waals surface area contributed by atoms with Crippen LogP contribution in [0.1, 0.15) is 92.3 Å². The van der Waals surface area contributed by atoms with Gasteiger partial charge >= 0.3 is 12.1 Å². The van der Waals surface area contributed by atoms with Gasteiger partial charge in [0.2, 0.25) is 0 Å². The van der Waals surface area contributed by atoms with Crippen molar-refractivity contribution >= 4 is 40.3 Å². The van der Waals surface area contributed by atoms with Gasteiger partial charge in [-0.1, -0.05) is 89.0 Å². The molecule has 2 aromatic carbocycles. The number of ether oxygens (including phenoxy) is 8. The van der Waals surface area contributed by atoms with Crippen molar-refractivity contribution in [2.45, 2.75) is 165 Å². The first kappa shape index (κ1) is 59.4. The van der Waals surface area contributed by atoms with E-state index in [0.29, 0.717) is 29.5 Å². The van der Waals surface area contributed by atoms with Crippen LogP contribution in [0.25, 0.3) is 0 Å². The maximum absolute atomic E-state index is 13.3. The first-order valence-corrected chi connectivity index (χ1v) is 29.8. The summed E-state index contributed by atoms with van der Waals surface area (Å²) in [4.78, 5) is 25.3. The molecule has 0 heterocycles. The summed E-state index contributed by atoms with van der Waals surface area (Å²) in [5, 5.41) is 36.6. The number of hydrogen-bond acceptors (Lipinski definition) is 14. The third-order valence-electron chi connectivity index (χ3n) is 13.2. The summed E-state index contributed by atoms with van der Waals surface area (Å²) in [7, 11) is -1.01. The van der Waals surface area contributed by atoms with Crippen LogP contribution in [0.3, 0.4) is 0 Å². The van der Waals surface area contributed by atoms with Gasteiger partial charge in [-0.3, -0.25) is 4.79 Å². The van der Waals surface area contributed by atoms with Crippen molar-refractivity contribution in [2.24, 2.45) is 0 Å². The molecule has 19 heteroatoms. The molecule has 4 rings (SSSR count). The molecule has 0 radical (unpaired) electrons. The molecule has 0 saturated carbocycles. The number of aliphatic carboxylic acids is 1. The minimum atomic E-state index is -2.83. The van der Waals surface area contributed by atoms with Gasteiger partial charge < -0.3 is 67.4 Å². The molecule has 2 aliphatic carbocycles. The maximum atomic E-state index is 13.3. The van der Waals surface area contributed by atoms with Crippen molar-refractivity contribution in [3.8, 4) is 40.9 Å². The average molecular weight is 1050 g/mol. The molecule has 16 nitrogen and oxygen atoms in total. The number of methoxy groups -OCH3 is 3. The quantitative estimate of drug-likeness (QED) is 0.0417. The Morgan fingerprint density at radius 1 is 0.944 bits per heavy atom. The van der Waals surface area contributed by atoms with Gasteiger partial charge in [-0.05, 0) is 98.5 Å². The number of rotatable bonds is 25. The monoisotopic (exact) mass is 1050 g/mol. The van der Waals surface area contributed by atoms with Crippen LogP contribution in [0, 0.1) is 23.7 Å². The first-order valence-electron chi connectivity index (χ1n) is 23.9. The minimum Gasteiger partial charge on any atom is -0.497 e. The van der Waals surface area contributed by atoms with Crippen LogP contribution in [-0.4, -0.2) is 127 Å². The number of amides is 1. The Morgan fingerprint density at radius 3 is 2.13 bits per heavy atom. The molecule has 394 valence electrons. The predicted octanol–water partition coefficient (Wildman–Crippen LogP) is 8.92. The van der Waals surface area contributed by atoms with Crippen LogP contribution in [-0.2, 0) is 43.9 Å². The molecule has 71 heavy (non-hydrogen) atoms. The van der Waals surface area contributed by atoms with E-state index >= 15 is 0 Å². The summed E-state index contributed by atoms with van der Waals surface area (Å²) >= 11 is 7.22. The third-order valence-corrected chi connectivity index (χ3v) is 22.5. The van der Waals surface area contributed by atoms with E-state index in [1.807, 2.05) is 31.3 Å². The predicted molar refractivity (Wildman–Crippen MR) is 274 cm³/mol. The van der Waals surface area contributed by atoms with Crippen LogP contribution in [0.5, 0.6) is 17.2 Å². The second-order valence-corrected chi connectivity index (χ2v) is 30.1. The van der Waals surface area contributed by atoms with Gasteiger partial charge in [0, 0.05) is 26.2 Å². The number of carbonyl (C=O) groups excluding carboxylic acids is 1. The van der Waals surface area contributed by atoms with Crippen LogP contribution in [0.4, 0.5) is 4.79 Å². The topological polar surface area (TPSA) is 199 Å². The molecule has 4 N–H and O–H groups in total. The smallest absolute Gasteiger partial charge is 0.408 e. The molecule has 0 saturated heterocycles. The van der Waals surface area contributed by atoms with Gasteiger partial charge in [-0.15, -0.1) is 0 Å². The van der Waals surface area contributed by atoms with E-state index in [-0.39, 0.29) is 53.7 Å². The van der Waals surface area contributed by atoms with E-state index < -0.39 is 89.0 Å². The highest BCUT2D eigenvalue weighted by Crippen LogP contribution is 2.48. The summed E-state index contributed by atoms with van der Waals surface area (Å²) < 4.78 is 62.0. The number of carbonyl (C=O) groups is 2. The Morgan fingerprint density at radius 2 is 1.58 bits per heavy atom. The van der Waals surface area contributed by atoms with Crippen LogP contribution >= 0.6 is 11.6 Å². The normalized spacial score (nSPS) is 22.2. The molecule has 0 aliphatic heterocycles. The number of alkyl carbamates (subject to hydrolysis) is 1. The number of carboxylic acids is 1. The standard InChI is InChI=1S/C52H76ClNO15Si2/c1-15-71(16-2,17-3)69-52-30-39(64-33-60-10)28-37(52)24-25-51(59,45(31-55)63-32-35-18-20-38(62-12)21-19-35)43(68-70(13,14)50(7,8)9)22-23-44(52)66-47-40(53)26-36(27-42(47)65-34-61-11)41(29-46(56)57)54-48(58)67-49(4,5)6/h18-21,26-28,39,41,43-45,55,59H,15-17,29-34H2,1-14H3,(H,54,58)(H,56,57)/t39-,41+,43-,44-,45+,51+,52-/m1/s1. The van der Waals surface area contributed by atoms with Gasteiger partial charge in [0.25, 0.3) is 0 Å². The van der Waals surface area contributed by atoms with Crippen molar-refractivity contribution in [1.29, 1.82) is 0 Å². The molecule has 7 atom stereocenters. The fourth-order valence-corrected chi connectivity index (χ4v) is 12.3. The highest BCUT2D eigenvalue weighted by molar-refractivity contribution is 6.74. The lowest BCUT2D eigenvalue weighted by Crippen LogP contribution is -2.58. The lowest BCUT2D eigenvalue weighted by atomic mass is 9.88. The van der Waals surface area contributed by atoms with Gasteiger partial charge in [-0.2, -0.15) is 0 Å². The highest BCUT2D eigenvalue weighted by atomic mass is 35.5. The number of hydrogen-bond donors (Lipinski definition) is 4. The summed E-state index contributed by atoms with van der Waals surface area (Å²) in [6, 6.07) is 11.2. The number of benzene rings is 2. The molecule has 0 spiro atoms. The van der Waals surface area contributed by atoms with Crippen molar-refractivity contribution in [3.63, 3.8) is 0 Å². The SMILES string of the molecule is CC[Si](CC)(CC)O[C@]12C[C@H](OCOC)C=C1C#C[C@@](O)([C@H](CO)OCc1ccc(OC)cc1)[C@H](O[Si](C)(C)C(C)(C)C)C#C[C@H]2Oc1c(Cl)cc([C@H](CC(=O)O)NC(=O)OC(C)(C)C)cc1OCOC. The van der Waals surface area contributed by atoms with Gasteiger partial charge in [0.1, 0.15) is 29.8 Å². The zero-order valence-corrected chi connectivity index (χ0v) is 46.7. The zero-order valence-electron chi connectivity index (χ0n) is 43.9. The molecule has 0 aromatic heterocycles. The number of halogens is 1. The molecule has 0 bridgehead atoms. The number of carboxylic acid groups (broad SMARTS) is 1. The highest BCUT2D eigenvalue weighted by Gasteiger charge is 2.56. The van der Waals surface area contributed by atoms with E-state index in [4.69, 9.17) is 58.3 Å². The van der Waals surface area contributed by atoms with Crippen molar-refractivity contribution < 1.29 is 71.7 Å². The Hall–Kier alpha value is -4.16. The third kappa shape index (κ3) is 15.2. The average Bonchev–Trinajstić information content (AvgIpc) is 3.66. The van der Waals surface area contributed by atoms with Crippen LogP contribution in [0.2, 0.25) is 41.3 Å². The summed E-state index contributed by atoms with van der Waals surface area (Å²) in [5.74, 6) is 12.6. The molecule has 2 aliphatic rings. The number of aliphatic hydroxyl groups is 2. The minimum absolute atomic E-state index is 0.00908. The summed E-state index contributed by atoms with van der Waals surface area (Å²) in [5.41, 5.74) is -3.24. The van der Waals surface area contributed by atoms with Crippen LogP contribution in [0.15, 0.2) is 48.0 Å². The largest absolute Gasteiger partial charge is 0.497 e. The van der Waals surface area contributed by atoms with Crippen molar-refractivity contribution in [2.75, 3.05) is 41.5 Å². The Bertz CT molecular complexity index is 2260. The Labute approximate surface area is 427 Å². The van der Waals surface area contributed by atoms with E-state index in [2.05, 4.69) is 70.5 Å². The fourth-order valence-electron chi connectivity index (χ4n) is 7.90. The summed E-state index contributed by atoms with van der Waals surface area (Å²) in [6.07, 6.45) is -4.10. The summed E-state index contributed by atoms with van der Waals surface area (Å²) in [6.45, 7) is 20.5. The molecular weight excluding hydrogens is 970 g/mol. The number of nitrogens with one attached hydrogen (secondary N) is 1. The maximum Gasteiger partial charge on any atom is 0.408 e. The second-order valence-electron chi connectivity index (χ2n) is 20.3. The molecule has 0 unspecified atom stereocenters. The Kier molecular flexibility index (Phi) is 21.1. The number of fused-ring (bicyclic) bond motifs is 1. The molecular formula is C52H76ClNO15Si2. The number of aliphatic hydroxyl groups excluding tert-OH is 1. The lowest BCUT2D eigenvalue weighted by Gasteiger charge is -2.44. The lowest BCUT2D eigenvalue weighted by molar-refractivity contribution is -0.137. The van der Waals surface area contributed by atoms with Gasteiger partial charge in [0.05, 0.1) is 43.9 Å². The van der Waals surface area contributed by atoms with E-state index in [1.165, 1.54) is 26.4 Å². The van der Waals surface area contributed by atoms with E-state index in [9.17, 15) is 24.9 Å². The van der Waals surface area contributed by atoms with Gasteiger partial charge in [0.15, 0.2) is 52.7 Å². The molecule has 0 fully saturated rings. The van der Waals surface area contributed by atoms with Crippen LogP contribution < -0.4 is 19.5 Å². The van der Waals surface area contributed by atoms with Crippen molar-refractivity contribution in [1.82, 2.24) is 5.32 Å². The Balaban J connectivity index is 2.09.